The van der Waals surface area contributed by atoms with Crippen molar-refractivity contribution in [3.63, 3.8) is 0 Å². The van der Waals surface area contributed by atoms with E-state index in [0.717, 1.165) is 12.1 Å². The second kappa shape index (κ2) is 4.01. The third-order valence-corrected chi connectivity index (χ3v) is 3.00. The minimum absolute atomic E-state index is 0.452. The number of likely N-dealkylation sites (N-methyl/N-ethyl adjacent to an activating group) is 1. The monoisotopic (exact) mass is 191 g/mol. The van der Waals surface area contributed by atoms with E-state index in [9.17, 15) is 5.11 Å². The van der Waals surface area contributed by atoms with Gasteiger partial charge in [0.2, 0.25) is 0 Å². The lowest BCUT2D eigenvalue weighted by molar-refractivity contribution is 0.248. The van der Waals surface area contributed by atoms with Crippen molar-refractivity contribution < 1.29 is 5.11 Å². The summed E-state index contributed by atoms with van der Waals surface area (Å²) in [6.45, 7) is 2.25. The molecule has 0 saturated carbocycles. The zero-order valence-electron chi connectivity index (χ0n) is 8.61. The van der Waals surface area contributed by atoms with Crippen molar-refractivity contribution in [3.05, 3.63) is 29.8 Å². The summed E-state index contributed by atoms with van der Waals surface area (Å²) in [5.74, 6) is 0.961. The molecular weight excluding hydrogens is 174 g/mol. The van der Waals surface area contributed by atoms with Gasteiger partial charge in [-0.3, -0.25) is 0 Å². The topological polar surface area (TPSA) is 23.5 Å². The van der Waals surface area contributed by atoms with Gasteiger partial charge in [-0.25, -0.2) is 0 Å². The number of phenolic OH excluding ortho intramolecular Hbond substituents is 1. The first-order valence-electron chi connectivity index (χ1n) is 5.24. The van der Waals surface area contributed by atoms with Crippen LogP contribution in [0.15, 0.2) is 24.3 Å². The van der Waals surface area contributed by atoms with Crippen LogP contribution in [-0.2, 0) is 0 Å². The maximum absolute atomic E-state index is 9.73. The number of rotatable bonds is 1. The lowest BCUT2D eigenvalue weighted by Gasteiger charge is -2.30. The molecule has 1 aliphatic heterocycles. The Bertz CT molecular complexity index is 311. The molecule has 0 bridgehead atoms. The van der Waals surface area contributed by atoms with Gasteiger partial charge in [0.05, 0.1) is 0 Å². The molecule has 1 fully saturated rings. The predicted molar refractivity (Wildman–Crippen MR) is 57.6 cm³/mol. The van der Waals surface area contributed by atoms with Crippen molar-refractivity contribution in [1.82, 2.24) is 4.90 Å². The maximum Gasteiger partial charge on any atom is 0.119 e. The van der Waals surface area contributed by atoms with Crippen LogP contribution in [0.4, 0.5) is 0 Å². The molecule has 0 spiro atoms. The van der Waals surface area contributed by atoms with E-state index in [-0.39, 0.29) is 0 Å². The Morgan fingerprint density at radius 2 is 2.14 bits per heavy atom. The standard InChI is InChI=1S/C12H17NO/c1-13-8-4-5-10(9-13)11-6-2-3-7-12(11)14/h2-3,6-7,10,14H,4-5,8-9H2,1H3. The van der Waals surface area contributed by atoms with Gasteiger partial charge in [-0.05, 0) is 38.1 Å². The molecule has 1 aliphatic rings. The molecule has 2 rings (SSSR count). The Morgan fingerprint density at radius 1 is 1.36 bits per heavy atom. The molecule has 1 aromatic carbocycles. The molecular formula is C12H17NO. The van der Waals surface area contributed by atoms with Gasteiger partial charge < -0.3 is 10.0 Å². The minimum atomic E-state index is 0.452. The summed E-state index contributed by atoms with van der Waals surface area (Å²) in [7, 11) is 2.14. The molecule has 2 heteroatoms. The first kappa shape index (κ1) is 9.53. The molecule has 1 aromatic rings. The van der Waals surface area contributed by atoms with E-state index >= 15 is 0 Å². The van der Waals surface area contributed by atoms with Crippen LogP contribution in [0.2, 0.25) is 0 Å². The molecule has 1 saturated heterocycles. The van der Waals surface area contributed by atoms with Crippen molar-refractivity contribution >= 4 is 0 Å². The fourth-order valence-corrected chi connectivity index (χ4v) is 2.25. The Kier molecular flexibility index (Phi) is 2.73. The normalized spacial score (nSPS) is 23.6. The van der Waals surface area contributed by atoms with Crippen LogP contribution in [0.3, 0.4) is 0 Å². The number of benzene rings is 1. The molecule has 0 amide bonds. The van der Waals surface area contributed by atoms with Crippen molar-refractivity contribution in [1.29, 1.82) is 0 Å². The van der Waals surface area contributed by atoms with Crippen molar-refractivity contribution in [2.45, 2.75) is 18.8 Å². The predicted octanol–water partition coefficient (Wildman–Crippen LogP) is 2.20. The van der Waals surface area contributed by atoms with Crippen LogP contribution in [0, 0.1) is 0 Å². The number of hydrogen-bond donors (Lipinski definition) is 1. The number of para-hydroxylation sites is 1. The maximum atomic E-state index is 9.73. The Labute approximate surface area is 85.2 Å². The lowest BCUT2D eigenvalue weighted by atomic mass is 9.90. The number of nitrogens with zero attached hydrogens (tertiary/aromatic N) is 1. The number of likely N-dealkylation sites (tertiary alicyclic amines) is 1. The van der Waals surface area contributed by atoms with Gasteiger partial charge in [-0.2, -0.15) is 0 Å². The average Bonchev–Trinajstić information content (AvgIpc) is 2.18. The molecule has 1 heterocycles. The van der Waals surface area contributed by atoms with E-state index in [1.54, 1.807) is 6.07 Å². The fourth-order valence-electron chi connectivity index (χ4n) is 2.25. The van der Waals surface area contributed by atoms with Crippen LogP contribution >= 0.6 is 0 Å². The van der Waals surface area contributed by atoms with Crippen molar-refractivity contribution in [3.8, 4) is 5.75 Å². The third-order valence-electron chi connectivity index (χ3n) is 3.00. The third kappa shape index (κ3) is 1.90. The zero-order chi connectivity index (χ0) is 9.97. The number of aromatic hydroxyl groups is 1. The lowest BCUT2D eigenvalue weighted by Crippen LogP contribution is -2.30. The van der Waals surface area contributed by atoms with E-state index in [4.69, 9.17) is 0 Å². The molecule has 2 nitrogen and oxygen atoms in total. The Balaban J connectivity index is 2.18. The van der Waals surface area contributed by atoms with Gasteiger partial charge in [0.1, 0.15) is 5.75 Å². The highest BCUT2D eigenvalue weighted by Crippen LogP contribution is 2.31. The summed E-state index contributed by atoms with van der Waals surface area (Å²) >= 11 is 0. The van der Waals surface area contributed by atoms with E-state index in [0.29, 0.717) is 11.7 Å². The molecule has 1 N–H and O–H groups in total. The summed E-state index contributed by atoms with van der Waals surface area (Å²) in [6, 6.07) is 7.71. The van der Waals surface area contributed by atoms with Gasteiger partial charge in [0.15, 0.2) is 0 Å². The number of hydrogen-bond acceptors (Lipinski definition) is 2. The van der Waals surface area contributed by atoms with E-state index < -0.39 is 0 Å². The second-order valence-electron chi connectivity index (χ2n) is 4.16. The van der Waals surface area contributed by atoms with Gasteiger partial charge in [0, 0.05) is 12.5 Å². The highest BCUT2D eigenvalue weighted by Gasteiger charge is 2.20. The van der Waals surface area contributed by atoms with Gasteiger partial charge >= 0.3 is 0 Å². The Hall–Kier alpha value is -1.02. The molecule has 14 heavy (non-hydrogen) atoms. The van der Waals surface area contributed by atoms with Crippen LogP contribution in [-0.4, -0.2) is 30.1 Å². The zero-order valence-corrected chi connectivity index (χ0v) is 8.61. The SMILES string of the molecule is CN1CCCC(c2ccccc2O)C1. The van der Waals surface area contributed by atoms with Crippen LogP contribution in [0.25, 0.3) is 0 Å². The number of piperidine rings is 1. The fraction of sp³-hybridized carbons (Fsp3) is 0.500. The first-order chi connectivity index (χ1) is 6.77. The van der Waals surface area contributed by atoms with E-state index in [1.807, 2.05) is 18.2 Å². The van der Waals surface area contributed by atoms with Gasteiger partial charge in [0.25, 0.3) is 0 Å². The second-order valence-corrected chi connectivity index (χ2v) is 4.16. The van der Waals surface area contributed by atoms with Crippen molar-refractivity contribution in [2.24, 2.45) is 0 Å². The number of phenols is 1. The van der Waals surface area contributed by atoms with Gasteiger partial charge in [-0.15, -0.1) is 0 Å². The van der Waals surface area contributed by atoms with Crippen LogP contribution in [0.1, 0.15) is 24.3 Å². The summed E-state index contributed by atoms with van der Waals surface area (Å²) in [5.41, 5.74) is 1.11. The van der Waals surface area contributed by atoms with E-state index in [2.05, 4.69) is 11.9 Å². The summed E-state index contributed by atoms with van der Waals surface area (Å²) in [5, 5.41) is 9.73. The highest BCUT2D eigenvalue weighted by atomic mass is 16.3. The smallest absolute Gasteiger partial charge is 0.119 e. The summed E-state index contributed by atoms with van der Waals surface area (Å²) in [6.07, 6.45) is 2.43. The minimum Gasteiger partial charge on any atom is -0.508 e. The van der Waals surface area contributed by atoms with E-state index in [1.165, 1.54) is 19.4 Å². The molecule has 0 aromatic heterocycles. The average molecular weight is 191 g/mol. The summed E-state index contributed by atoms with van der Waals surface area (Å²) < 4.78 is 0. The van der Waals surface area contributed by atoms with Gasteiger partial charge in [-0.1, -0.05) is 18.2 Å². The Morgan fingerprint density at radius 3 is 2.86 bits per heavy atom. The summed E-state index contributed by atoms with van der Waals surface area (Å²) in [4.78, 5) is 2.33. The van der Waals surface area contributed by atoms with Crippen molar-refractivity contribution in [2.75, 3.05) is 20.1 Å². The van der Waals surface area contributed by atoms with Crippen LogP contribution in [0.5, 0.6) is 5.75 Å². The molecule has 1 atom stereocenters. The highest BCUT2D eigenvalue weighted by molar-refractivity contribution is 5.35. The molecule has 0 radical (unpaired) electrons. The quantitative estimate of drug-likeness (QED) is 0.735. The molecule has 76 valence electrons. The van der Waals surface area contributed by atoms with Crippen LogP contribution < -0.4 is 0 Å². The first-order valence-corrected chi connectivity index (χ1v) is 5.24. The largest absolute Gasteiger partial charge is 0.508 e. The molecule has 0 aliphatic carbocycles. The molecule has 1 unspecified atom stereocenters.